The molecule has 0 spiro atoms. The van der Waals surface area contributed by atoms with Crippen molar-refractivity contribution >= 4 is 43.5 Å². The van der Waals surface area contributed by atoms with Crippen molar-refractivity contribution in [3.05, 3.63) is 27.7 Å². The maximum Gasteiger partial charge on any atom is 1.00 e. The monoisotopic (exact) mass is 307 g/mol. The topological polar surface area (TPSA) is 69.2 Å². The van der Waals surface area contributed by atoms with E-state index in [4.69, 9.17) is 11.6 Å². The summed E-state index contributed by atoms with van der Waals surface area (Å²) < 4.78 is 33.3. The van der Waals surface area contributed by atoms with E-state index in [9.17, 15) is 13.0 Å². The van der Waals surface area contributed by atoms with E-state index < -0.39 is 10.3 Å². The van der Waals surface area contributed by atoms with E-state index in [0.717, 1.165) is 0 Å². The molecular weight excluding hydrogens is 304 g/mol. The third kappa shape index (κ3) is 4.97. The van der Waals surface area contributed by atoms with Gasteiger partial charge in [0, 0.05) is 4.47 Å². The fraction of sp³-hybridized carbons (Fsp3) is 0. The van der Waals surface area contributed by atoms with Crippen LogP contribution in [0.15, 0.2) is 22.7 Å². The molecule has 1 aromatic carbocycles. The van der Waals surface area contributed by atoms with Gasteiger partial charge in [0.15, 0.2) is 10.3 Å². The van der Waals surface area contributed by atoms with Gasteiger partial charge in [0.1, 0.15) is 0 Å². The average molecular weight is 309 g/mol. The number of hydrogen-bond donors (Lipinski definition) is 1. The van der Waals surface area contributed by atoms with Crippen LogP contribution >= 0.6 is 27.5 Å². The van der Waals surface area contributed by atoms with Crippen LogP contribution in [0.4, 0.5) is 5.69 Å². The molecule has 0 aliphatic carbocycles. The maximum absolute atomic E-state index is 10.3. The molecule has 0 radical (unpaired) electrons. The van der Waals surface area contributed by atoms with E-state index in [2.05, 4.69) is 15.9 Å². The van der Waals surface area contributed by atoms with Gasteiger partial charge >= 0.3 is 29.6 Å². The minimum absolute atomic E-state index is 0. The van der Waals surface area contributed by atoms with E-state index in [-0.39, 0.29) is 40.3 Å². The largest absolute Gasteiger partial charge is 1.00 e. The summed E-state index contributed by atoms with van der Waals surface area (Å²) in [4.78, 5) is 0. The molecule has 1 N–H and O–H groups in total. The van der Waals surface area contributed by atoms with E-state index in [1.54, 1.807) is 10.8 Å². The van der Waals surface area contributed by atoms with Crippen LogP contribution in [0.2, 0.25) is 5.02 Å². The zero-order valence-electron chi connectivity index (χ0n) is 7.12. The molecule has 0 bridgehead atoms. The maximum atomic E-state index is 10.3. The average Bonchev–Trinajstić information content (AvgIpc) is 1.93. The van der Waals surface area contributed by atoms with Gasteiger partial charge in [-0.2, -0.15) is 0 Å². The third-order valence-electron chi connectivity index (χ3n) is 1.17. The van der Waals surface area contributed by atoms with Gasteiger partial charge in [0.05, 0.1) is 10.7 Å². The summed E-state index contributed by atoms with van der Waals surface area (Å²) in [7, 11) is -4.51. The number of rotatable bonds is 2. The Labute approximate surface area is 117 Å². The summed E-state index contributed by atoms with van der Waals surface area (Å²) in [6, 6.07) is 4.44. The van der Waals surface area contributed by atoms with Crippen molar-refractivity contribution in [2.24, 2.45) is 0 Å². The van der Waals surface area contributed by atoms with Crippen LogP contribution in [-0.4, -0.2) is 13.0 Å². The second-order valence-corrected chi connectivity index (χ2v) is 4.62. The van der Waals surface area contributed by atoms with Crippen molar-refractivity contribution < 1.29 is 42.5 Å². The first kappa shape index (κ1) is 14.7. The number of benzene rings is 1. The van der Waals surface area contributed by atoms with Crippen molar-refractivity contribution in [3.63, 3.8) is 0 Å². The molecule has 0 aliphatic heterocycles. The molecule has 0 aliphatic rings. The molecule has 0 atom stereocenters. The molecule has 0 aromatic heterocycles. The van der Waals surface area contributed by atoms with E-state index in [1.807, 2.05) is 0 Å². The van der Waals surface area contributed by atoms with Gasteiger partial charge in [-0.15, -0.1) is 0 Å². The number of nitrogens with one attached hydrogen (secondary N) is 1. The van der Waals surface area contributed by atoms with Crippen molar-refractivity contribution in [1.82, 2.24) is 0 Å². The van der Waals surface area contributed by atoms with Crippen LogP contribution in [0.1, 0.15) is 0 Å². The smallest absolute Gasteiger partial charge is 0.731 e. The summed E-state index contributed by atoms with van der Waals surface area (Å²) in [5, 5.41) is 0.161. The first-order valence-corrected chi connectivity index (χ1v) is 5.65. The number of halogens is 2. The van der Waals surface area contributed by atoms with Gasteiger partial charge in [-0.1, -0.05) is 27.5 Å². The molecule has 72 valence electrons. The number of anilines is 1. The molecule has 1 rings (SSSR count). The van der Waals surface area contributed by atoms with Crippen LogP contribution in [0.5, 0.6) is 0 Å². The van der Waals surface area contributed by atoms with Gasteiger partial charge in [0.25, 0.3) is 0 Å². The quantitative estimate of drug-likeness (QED) is 0.562. The van der Waals surface area contributed by atoms with Crippen molar-refractivity contribution in [1.29, 1.82) is 0 Å². The zero-order chi connectivity index (χ0) is 10.1. The molecule has 0 amide bonds. The van der Waals surface area contributed by atoms with E-state index in [0.29, 0.717) is 4.47 Å². The van der Waals surface area contributed by atoms with Crippen LogP contribution in [-0.2, 0) is 10.3 Å². The molecule has 0 fully saturated rings. The van der Waals surface area contributed by atoms with Crippen LogP contribution in [0.3, 0.4) is 0 Å². The van der Waals surface area contributed by atoms with Crippen LogP contribution in [0, 0.1) is 0 Å². The molecule has 0 saturated heterocycles. The molecule has 4 nitrogen and oxygen atoms in total. The Kier molecular flexibility index (Phi) is 5.98. The summed E-state index contributed by atoms with van der Waals surface area (Å²) >= 11 is 8.78. The summed E-state index contributed by atoms with van der Waals surface area (Å²) in [6.07, 6.45) is 0. The zero-order valence-corrected chi connectivity index (χ0v) is 12.3. The molecule has 0 saturated carbocycles. The molecule has 14 heavy (non-hydrogen) atoms. The summed E-state index contributed by atoms with van der Waals surface area (Å²) in [5.41, 5.74) is 0.0693. The van der Waals surface area contributed by atoms with Crippen molar-refractivity contribution in [2.45, 2.75) is 0 Å². The first-order valence-electron chi connectivity index (χ1n) is 3.07. The second kappa shape index (κ2) is 5.69. The van der Waals surface area contributed by atoms with Gasteiger partial charge in [-0.3, -0.25) is 4.72 Å². The van der Waals surface area contributed by atoms with Gasteiger partial charge in [0.2, 0.25) is 0 Å². The predicted octanol–water partition coefficient (Wildman–Crippen LogP) is -1.02. The standard InChI is InChI=1S/C6H5BrClNO3S.Na/c7-4-1-2-6(5(8)3-4)9-13(10,11)12;/h1-3,9H,(H,10,11,12);/q;+1/p-1. The van der Waals surface area contributed by atoms with E-state index >= 15 is 0 Å². The Bertz CT molecular complexity index is 425. The normalized spacial score (nSPS) is 10.5. The van der Waals surface area contributed by atoms with Crippen LogP contribution in [0.25, 0.3) is 0 Å². The Morgan fingerprint density at radius 3 is 2.43 bits per heavy atom. The summed E-state index contributed by atoms with van der Waals surface area (Å²) in [5.74, 6) is 0. The second-order valence-electron chi connectivity index (χ2n) is 2.18. The van der Waals surface area contributed by atoms with Crippen molar-refractivity contribution in [2.75, 3.05) is 4.72 Å². The van der Waals surface area contributed by atoms with Gasteiger partial charge < -0.3 is 4.55 Å². The summed E-state index contributed by atoms with van der Waals surface area (Å²) in [6.45, 7) is 0. The third-order valence-corrected chi connectivity index (χ3v) is 2.44. The van der Waals surface area contributed by atoms with E-state index in [1.165, 1.54) is 12.1 Å². The Morgan fingerprint density at radius 1 is 1.43 bits per heavy atom. The Hall–Kier alpha value is 0.700. The fourth-order valence-electron chi connectivity index (χ4n) is 0.707. The van der Waals surface area contributed by atoms with Crippen molar-refractivity contribution in [3.8, 4) is 0 Å². The molecule has 0 heterocycles. The van der Waals surface area contributed by atoms with Gasteiger partial charge in [-0.25, -0.2) is 8.42 Å². The van der Waals surface area contributed by atoms with Crippen LogP contribution < -0.4 is 34.3 Å². The fourth-order valence-corrected chi connectivity index (χ4v) is 1.93. The first-order chi connectivity index (χ1) is 5.88. The minimum Gasteiger partial charge on any atom is -0.731 e. The minimum atomic E-state index is -4.51. The Morgan fingerprint density at radius 2 is 2.00 bits per heavy atom. The molecular formula is C6H4BrClNNaO3S. The molecule has 8 heteroatoms. The van der Waals surface area contributed by atoms with Gasteiger partial charge in [-0.05, 0) is 18.2 Å². The SMILES string of the molecule is O=S(=O)([O-])Nc1ccc(Br)cc1Cl.[Na+]. The Balaban J connectivity index is 0.00000169. The predicted molar refractivity (Wildman–Crippen MR) is 52.5 cm³/mol. The molecule has 0 unspecified atom stereocenters. The number of hydrogen-bond acceptors (Lipinski definition) is 3. The molecule has 1 aromatic rings.